The van der Waals surface area contributed by atoms with E-state index in [4.69, 9.17) is 4.74 Å². The summed E-state index contributed by atoms with van der Waals surface area (Å²) in [5, 5.41) is 0. The van der Waals surface area contributed by atoms with Crippen LogP contribution in [0, 0.1) is 0 Å². The topological polar surface area (TPSA) is 45.7 Å². The molecule has 0 spiro atoms. The van der Waals surface area contributed by atoms with Crippen LogP contribution in [0.2, 0.25) is 0 Å². The quantitative estimate of drug-likeness (QED) is 0.669. The van der Waals surface area contributed by atoms with Crippen LogP contribution in [0.4, 0.5) is 0 Å². The van der Waals surface area contributed by atoms with Gasteiger partial charge >= 0.3 is 0 Å². The van der Waals surface area contributed by atoms with Crippen LogP contribution in [0.3, 0.4) is 0 Å². The number of hydrogen-bond acceptors (Lipinski definition) is 4. The molecule has 1 aromatic carbocycles. The number of benzene rings is 1. The van der Waals surface area contributed by atoms with Crippen molar-refractivity contribution in [3.05, 3.63) is 59.9 Å². The summed E-state index contributed by atoms with van der Waals surface area (Å²) in [6, 6.07) is 12.3. The molecule has 150 valence electrons. The van der Waals surface area contributed by atoms with Crippen LogP contribution >= 0.6 is 0 Å². The Morgan fingerprint density at radius 2 is 1.75 bits per heavy atom. The molecule has 1 amide bonds. The smallest absolute Gasteiger partial charge is 0.222 e. The summed E-state index contributed by atoms with van der Waals surface area (Å²) >= 11 is 0. The molecule has 0 N–H and O–H groups in total. The van der Waals surface area contributed by atoms with Crippen molar-refractivity contribution in [1.82, 2.24) is 14.8 Å². The second kappa shape index (κ2) is 10.8. The van der Waals surface area contributed by atoms with Gasteiger partial charge in [0.1, 0.15) is 5.75 Å². The Kier molecular flexibility index (Phi) is 7.85. The van der Waals surface area contributed by atoms with E-state index < -0.39 is 0 Å². The summed E-state index contributed by atoms with van der Waals surface area (Å²) < 4.78 is 5.20. The average molecular weight is 382 g/mol. The number of amides is 1. The van der Waals surface area contributed by atoms with Crippen molar-refractivity contribution < 1.29 is 9.53 Å². The lowest BCUT2D eigenvalue weighted by molar-refractivity contribution is -0.133. The predicted octanol–water partition coefficient (Wildman–Crippen LogP) is 3.19. The van der Waals surface area contributed by atoms with Crippen molar-refractivity contribution in [2.75, 3.05) is 39.8 Å². The number of aromatic nitrogens is 1. The number of methoxy groups -OCH3 is 1. The first-order valence-corrected chi connectivity index (χ1v) is 10.3. The minimum Gasteiger partial charge on any atom is -0.497 e. The third kappa shape index (κ3) is 6.34. The number of nitrogens with zero attached hydrogens (tertiary/aromatic N) is 3. The number of carbonyl (C=O) groups is 1. The molecule has 0 bridgehead atoms. The zero-order chi connectivity index (χ0) is 19.6. The van der Waals surface area contributed by atoms with E-state index in [2.05, 4.69) is 28.1 Å². The minimum absolute atomic E-state index is 0.293. The van der Waals surface area contributed by atoms with E-state index in [1.165, 1.54) is 11.1 Å². The fourth-order valence-corrected chi connectivity index (χ4v) is 3.67. The van der Waals surface area contributed by atoms with Crippen LogP contribution in [0.1, 0.15) is 30.4 Å². The molecule has 5 heteroatoms. The highest BCUT2D eigenvalue weighted by Crippen LogP contribution is 2.13. The predicted molar refractivity (Wildman–Crippen MR) is 112 cm³/mol. The fourth-order valence-electron chi connectivity index (χ4n) is 3.67. The van der Waals surface area contributed by atoms with E-state index in [0.717, 1.165) is 64.2 Å². The highest BCUT2D eigenvalue weighted by Gasteiger charge is 2.20. The molecule has 1 aromatic heterocycles. The minimum atomic E-state index is 0.293. The van der Waals surface area contributed by atoms with Crippen LogP contribution in [-0.4, -0.2) is 60.5 Å². The highest BCUT2D eigenvalue weighted by atomic mass is 16.5. The monoisotopic (exact) mass is 381 g/mol. The first-order chi connectivity index (χ1) is 13.7. The molecule has 0 saturated carbocycles. The Balaban J connectivity index is 1.29. The molecule has 1 aliphatic heterocycles. The van der Waals surface area contributed by atoms with Crippen molar-refractivity contribution >= 4 is 5.91 Å². The molecule has 0 unspecified atom stereocenters. The molecule has 5 nitrogen and oxygen atoms in total. The lowest BCUT2D eigenvalue weighted by Crippen LogP contribution is -2.48. The molecule has 0 radical (unpaired) electrons. The van der Waals surface area contributed by atoms with Crippen LogP contribution in [0.15, 0.2) is 48.8 Å². The number of hydrogen-bond donors (Lipinski definition) is 0. The van der Waals surface area contributed by atoms with Crippen molar-refractivity contribution in [3.8, 4) is 5.75 Å². The van der Waals surface area contributed by atoms with Crippen LogP contribution in [-0.2, 0) is 17.6 Å². The third-order valence-electron chi connectivity index (χ3n) is 5.40. The van der Waals surface area contributed by atoms with Gasteiger partial charge in [0, 0.05) is 45.0 Å². The van der Waals surface area contributed by atoms with E-state index in [9.17, 15) is 4.79 Å². The molecule has 2 heterocycles. The molecular weight excluding hydrogens is 350 g/mol. The Morgan fingerprint density at radius 1 is 1.00 bits per heavy atom. The number of ether oxygens (including phenoxy) is 1. The zero-order valence-electron chi connectivity index (χ0n) is 16.8. The third-order valence-corrected chi connectivity index (χ3v) is 5.40. The summed E-state index contributed by atoms with van der Waals surface area (Å²) in [4.78, 5) is 21.1. The van der Waals surface area contributed by atoms with E-state index in [1.54, 1.807) is 13.3 Å². The lowest BCUT2D eigenvalue weighted by atomic mass is 10.1. The Morgan fingerprint density at radius 3 is 2.43 bits per heavy atom. The average Bonchev–Trinajstić information content (AvgIpc) is 2.75. The maximum Gasteiger partial charge on any atom is 0.222 e. The van der Waals surface area contributed by atoms with Crippen molar-refractivity contribution in [1.29, 1.82) is 0 Å². The standard InChI is InChI=1S/C23H31N3O2/c1-28-22-11-9-20(10-12-22)7-4-14-25-15-17-26(18-16-25)23(27)8-2-5-21-6-3-13-24-19-21/h3,6,9-13,19H,2,4-5,7-8,14-18H2,1H3. The summed E-state index contributed by atoms with van der Waals surface area (Å²) in [6.07, 6.45) is 8.34. The molecule has 2 aromatic rings. The normalized spacial score (nSPS) is 14.8. The van der Waals surface area contributed by atoms with Gasteiger partial charge in [0.15, 0.2) is 0 Å². The van der Waals surface area contributed by atoms with E-state index in [-0.39, 0.29) is 0 Å². The summed E-state index contributed by atoms with van der Waals surface area (Å²) in [7, 11) is 1.69. The molecule has 28 heavy (non-hydrogen) atoms. The van der Waals surface area contributed by atoms with Crippen LogP contribution in [0.25, 0.3) is 0 Å². The first-order valence-electron chi connectivity index (χ1n) is 10.3. The van der Waals surface area contributed by atoms with Gasteiger partial charge in [0.2, 0.25) is 5.91 Å². The van der Waals surface area contributed by atoms with E-state index >= 15 is 0 Å². The molecule has 0 atom stereocenters. The molecular formula is C23H31N3O2. The maximum absolute atomic E-state index is 12.4. The van der Waals surface area contributed by atoms with Crippen LogP contribution < -0.4 is 4.74 Å². The molecule has 3 rings (SSSR count). The number of rotatable bonds is 9. The number of carbonyl (C=O) groups excluding carboxylic acids is 1. The van der Waals surface area contributed by atoms with Gasteiger partial charge in [0.05, 0.1) is 7.11 Å². The number of piperazine rings is 1. The Bertz CT molecular complexity index is 710. The largest absolute Gasteiger partial charge is 0.497 e. The van der Waals surface area contributed by atoms with Gasteiger partial charge < -0.3 is 9.64 Å². The van der Waals surface area contributed by atoms with Gasteiger partial charge in [-0.1, -0.05) is 18.2 Å². The summed E-state index contributed by atoms with van der Waals surface area (Å²) in [6.45, 7) is 4.77. The van der Waals surface area contributed by atoms with Crippen molar-refractivity contribution in [3.63, 3.8) is 0 Å². The second-order valence-corrected chi connectivity index (χ2v) is 7.39. The molecule has 1 fully saturated rings. The van der Waals surface area contributed by atoms with Gasteiger partial charge in [-0.05, 0) is 61.6 Å². The Labute approximate surface area is 168 Å². The van der Waals surface area contributed by atoms with Crippen LogP contribution in [0.5, 0.6) is 5.75 Å². The SMILES string of the molecule is COc1ccc(CCCN2CCN(C(=O)CCCc3cccnc3)CC2)cc1. The summed E-state index contributed by atoms with van der Waals surface area (Å²) in [5.41, 5.74) is 2.56. The van der Waals surface area contributed by atoms with Gasteiger partial charge in [0.25, 0.3) is 0 Å². The molecule has 1 saturated heterocycles. The van der Waals surface area contributed by atoms with Gasteiger partial charge in [-0.15, -0.1) is 0 Å². The van der Waals surface area contributed by atoms with Gasteiger partial charge in [-0.3, -0.25) is 14.7 Å². The zero-order valence-corrected chi connectivity index (χ0v) is 16.8. The van der Waals surface area contributed by atoms with Crippen molar-refractivity contribution in [2.45, 2.75) is 32.1 Å². The number of aryl methyl sites for hydroxylation is 2. The molecule has 0 aliphatic carbocycles. The number of pyridine rings is 1. The van der Waals surface area contributed by atoms with Gasteiger partial charge in [-0.2, -0.15) is 0 Å². The maximum atomic E-state index is 12.4. The Hall–Kier alpha value is -2.40. The fraction of sp³-hybridized carbons (Fsp3) is 0.478. The lowest BCUT2D eigenvalue weighted by Gasteiger charge is -2.34. The molecule has 1 aliphatic rings. The highest BCUT2D eigenvalue weighted by molar-refractivity contribution is 5.76. The summed E-state index contributed by atoms with van der Waals surface area (Å²) in [5.74, 6) is 1.20. The van der Waals surface area contributed by atoms with E-state index in [0.29, 0.717) is 12.3 Å². The van der Waals surface area contributed by atoms with Gasteiger partial charge in [-0.25, -0.2) is 0 Å². The van der Waals surface area contributed by atoms with Crippen molar-refractivity contribution in [2.24, 2.45) is 0 Å². The van der Waals surface area contributed by atoms with E-state index in [1.807, 2.05) is 29.3 Å². The second-order valence-electron chi connectivity index (χ2n) is 7.39. The first kappa shape index (κ1) is 20.3.